The molecule has 0 amide bonds. The maximum Gasteiger partial charge on any atom is 0.179 e. The first-order valence-corrected chi connectivity index (χ1v) is 13.3. The van der Waals surface area contributed by atoms with Gasteiger partial charge in [-0.2, -0.15) is 5.10 Å². The maximum atomic E-state index is 14.1. The summed E-state index contributed by atoms with van der Waals surface area (Å²) in [5.41, 5.74) is 8.71. The zero-order chi connectivity index (χ0) is 27.4. The van der Waals surface area contributed by atoms with Crippen molar-refractivity contribution in [1.29, 1.82) is 0 Å². The molecular formula is C33H27FN6. The molecule has 1 N–H and O–H groups in total. The molecular weight excluding hydrogens is 499 g/mol. The number of aryl methyl sites for hydroxylation is 3. The number of anilines is 2. The Bertz CT molecular complexity index is 1820. The zero-order valence-corrected chi connectivity index (χ0v) is 22.4. The van der Waals surface area contributed by atoms with Crippen molar-refractivity contribution < 1.29 is 4.39 Å². The van der Waals surface area contributed by atoms with E-state index in [1.54, 1.807) is 0 Å². The number of aromatic nitrogens is 2. The molecule has 4 aromatic carbocycles. The number of halogens is 1. The minimum atomic E-state index is -0.298. The van der Waals surface area contributed by atoms with Crippen LogP contribution in [-0.4, -0.2) is 21.5 Å². The van der Waals surface area contributed by atoms with Gasteiger partial charge in [0, 0.05) is 5.56 Å². The number of amidine groups is 2. The maximum absolute atomic E-state index is 14.1. The van der Waals surface area contributed by atoms with Crippen LogP contribution in [0.25, 0.3) is 5.69 Å². The molecule has 3 heterocycles. The second-order valence-electron chi connectivity index (χ2n) is 10.2. The first-order chi connectivity index (χ1) is 19.5. The fourth-order valence-electron chi connectivity index (χ4n) is 5.59. The lowest BCUT2D eigenvalue weighted by Gasteiger charge is -2.41. The minimum Gasteiger partial charge on any atom is -0.335 e. The highest BCUT2D eigenvalue weighted by molar-refractivity contribution is 6.52. The average molecular weight is 527 g/mol. The monoisotopic (exact) mass is 526 g/mol. The summed E-state index contributed by atoms with van der Waals surface area (Å²) in [6.07, 6.45) is 0. The summed E-state index contributed by atoms with van der Waals surface area (Å²) in [5.74, 6) is 1.78. The Morgan fingerprint density at radius 2 is 1.60 bits per heavy atom. The SMILES string of the molecule is Cc1ccc(N=C2Nc3ccccc3N3C2=Nc2c(c(C)nn2-c2ccccc2)C3c2ccc(F)cc2)c(C)c1. The molecule has 196 valence electrons. The lowest BCUT2D eigenvalue weighted by molar-refractivity contribution is 0.626. The van der Waals surface area contributed by atoms with Crippen LogP contribution < -0.4 is 10.2 Å². The number of nitrogens with one attached hydrogen (secondary N) is 1. The van der Waals surface area contributed by atoms with E-state index in [1.165, 1.54) is 17.7 Å². The van der Waals surface area contributed by atoms with Crippen molar-refractivity contribution in [3.05, 3.63) is 131 Å². The lowest BCUT2D eigenvalue weighted by atomic mass is 9.93. The smallest absolute Gasteiger partial charge is 0.179 e. The third-order valence-electron chi connectivity index (χ3n) is 7.45. The number of aliphatic imine (C=N–C) groups is 2. The molecule has 0 aliphatic carbocycles. The quantitative estimate of drug-likeness (QED) is 0.262. The predicted molar refractivity (Wildman–Crippen MR) is 159 cm³/mol. The molecule has 0 saturated heterocycles. The van der Waals surface area contributed by atoms with Crippen LogP contribution in [0.2, 0.25) is 0 Å². The number of para-hydroxylation sites is 3. The Morgan fingerprint density at radius 3 is 2.38 bits per heavy atom. The van der Waals surface area contributed by atoms with Crippen molar-refractivity contribution in [3.63, 3.8) is 0 Å². The van der Waals surface area contributed by atoms with Crippen molar-refractivity contribution >= 4 is 34.6 Å². The Balaban J connectivity index is 1.53. The van der Waals surface area contributed by atoms with Gasteiger partial charge in [-0.1, -0.05) is 60.2 Å². The molecule has 40 heavy (non-hydrogen) atoms. The second-order valence-corrected chi connectivity index (χ2v) is 10.2. The van der Waals surface area contributed by atoms with Gasteiger partial charge in [0.05, 0.1) is 34.5 Å². The summed E-state index contributed by atoms with van der Waals surface area (Å²) in [7, 11) is 0. The van der Waals surface area contributed by atoms with Crippen LogP contribution >= 0.6 is 0 Å². The molecule has 7 heteroatoms. The molecule has 0 radical (unpaired) electrons. The Labute approximate surface area is 232 Å². The fourth-order valence-corrected chi connectivity index (χ4v) is 5.59. The molecule has 1 atom stereocenters. The van der Waals surface area contributed by atoms with Crippen molar-refractivity contribution in [2.24, 2.45) is 9.98 Å². The molecule has 0 fully saturated rings. The average Bonchev–Trinajstić information content (AvgIpc) is 3.30. The molecule has 7 rings (SSSR count). The van der Waals surface area contributed by atoms with Crippen LogP contribution in [0.3, 0.4) is 0 Å². The van der Waals surface area contributed by atoms with Crippen molar-refractivity contribution in [2.75, 3.05) is 10.2 Å². The third-order valence-corrected chi connectivity index (χ3v) is 7.45. The summed E-state index contributed by atoms with van der Waals surface area (Å²) >= 11 is 0. The molecule has 1 aromatic heterocycles. The van der Waals surface area contributed by atoms with E-state index in [9.17, 15) is 4.39 Å². The zero-order valence-electron chi connectivity index (χ0n) is 22.4. The summed E-state index contributed by atoms with van der Waals surface area (Å²) < 4.78 is 16.0. The number of fused-ring (bicyclic) bond motifs is 4. The van der Waals surface area contributed by atoms with Gasteiger partial charge < -0.3 is 10.2 Å². The summed E-state index contributed by atoms with van der Waals surface area (Å²) in [6, 6.07) is 30.8. The number of rotatable bonds is 3. The third kappa shape index (κ3) is 3.90. The van der Waals surface area contributed by atoms with E-state index in [4.69, 9.17) is 15.1 Å². The van der Waals surface area contributed by atoms with Gasteiger partial charge in [-0.3, -0.25) is 0 Å². The number of hydrogen-bond donors (Lipinski definition) is 1. The lowest BCUT2D eigenvalue weighted by Crippen LogP contribution is -2.48. The molecule has 0 spiro atoms. The van der Waals surface area contributed by atoms with Crippen molar-refractivity contribution in [2.45, 2.75) is 26.8 Å². The van der Waals surface area contributed by atoms with E-state index in [-0.39, 0.29) is 11.9 Å². The largest absolute Gasteiger partial charge is 0.335 e. The van der Waals surface area contributed by atoms with Gasteiger partial charge in [-0.25, -0.2) is 19.1 Å². The van der Waals surface area contributed by atoms with Crippen LogP contribution in [0.15, 0.2) is 107 Å². The molecule has 1 unspecified atom stereocenters. The Kier molecular flexibility index (Phi) is 5.59. The van der Waals surface area contributed by atoms with Gasteiger partial charge in [0.2, 0.25) is 0 Å². The van der Waals surface area contributed by atoms with Gasteiger partial charge in [0.1, 0.15) is 5.82 Å². The van der Waals surface area contributed by atoms with E-state index in [1.807, 2.05) is 78.3 Å². The van der Waals surface area contributed by atoms with Crippen LogP contribution in [0, 0.1) is 26.6 Å². The molecule has 0 bridgehead atoms. The minimum absolute atomic E-state index is 0.275. The highest BCUT2D eigenvalue weighted by atomic mass is 19.1. The van der Waals surface area contributed by atoms with E-state index in [2.05, 4.69) is 42.3 Å². The predicted octanol–water partition coefficient (Wildman–Crippen LogP) is 7.73. The Hall–Kier alpha value is -5.04. The molecule has 5 aromatic rings. The van der Waals surface area contributed by atoms with Crippen LogP contribution in [0.5, 0.6) is 0 Å². The van der Waals surface area contributed by atoms with E-state index < -0.39 is 0 Å². The number of hydrogen-bond acceptors (Lipinski definition) is 4. The highest BCUT2D eigenvalue weighted by Crippen LogP contribution is 2.47. The topological polar surface area (TPSA) is 57.8 Å². The van der Waals surface area contributed by atoms with Gasteiger partial charge in [0.25, 0.3) is 0 Å². The summed E-state index contributed by atoms with van der Waals surface area (Å²) in [6.45, 7) is 6.15. The van der Waals surface area contributed by atoms with E-state index in [0.717, 1.165) is 51.0 Å². The van der Waals surface area contributed by atoms with Gasteiger partial charge in [-0.05, 0) is 74.4 Å². The first kappa shape index (κ1) is 24.0. The van der Waals surface area contributed by atoms with Gasteiger partial charge in [0.15, 0.2) is 17.5 Å². The van der Waals surface area contributed by atoms with Gasteiger partial charge >= 0.3 is 0 Å². The van der Waals surface area contributed by atoms with Crippen molar-refractivity contribution in [1.82, 2.24) is 9.78 Å². The molecule has 2 aliphatic heterocycles. The van der Waals surface area contributed by atoms with E-state index in [0.29, 0.717) is 11.7 Å². The second kappa shape index (κ2) is 9.31. The number of nitrogens with zero attached hydrogens (tertiary/aromatic N) is 5. The normalized spacial score (nSPS) is 16.6. The highest BCUT2D eigenvalue weighted by Gasteiger charge is 2.41. The van der Waals surface area contributed by atoms with Crippen LogP contribution in [0.4, 0.5) is 27.3 Å². The molecule has 2 aliphatic rings. The Morgan fingerprint density at radius 1 is 0.850 bits per heavy atom. The van der Waals surface area contributed by atoms with Crippen LogP contribution in [-0.2, 0) is 0 Å². The molecule has 6 nitrogen and oxygen atoms in total. The first-order valence-electron chi connectivity index (χ1n) is 13.3. The fraction of sp³-hybridized carbons (Fsp3) is 0.121. The van der Waals surface area contributed by atoms with E-state index >= 15 is 0 Å². The standard InChI is InChI=1S/C33H27FN6/c1-20-13-18-26(21(2)19-20)35-31-33-37-32-29(22(3)38-40(32)25-9-5-4-6-10-25)30(23-14-16-24(34)17-15-23)39(33)28-12-8-7-11-27(28)36-31/h4-19,30H,1-3H3,(H,35,36). The van der Waals surface area contributed by atoms with Gasteiger partial charge in [-0.15, -0.1) is 0 Å². The van der Waals surface area contributed by atoms with Crippen LogP contribution in [0.1, 0.15) is 34.0 Å². The summed E-state index contributed by atoms with van der Waals surface area (Å²) in [4.78, 5) is 12.6. The van der Waals surface area contributed by atoms with Crippen molar-refractivity contribution in [3.8, 4) is 5.69 Å². The number of benzene rings is 4. The molecule has 0 saturated carbocycles. The summed E-state index contributed by atoms with van der Waals surface area (Å²) in [5, 5.41) is 8.50.